The number of carbonyl (C=O) groups is 1. The number of likely N-dealkylation sites (tertiary alicyclic amines) is 2. The van der Waals surface area contributed by atoms with Crippen LogP contribution in [-0.4, -0.2) is 51.6 Å². The van der Waals surface area contributed by atoms with E-state index in [1.807, 2.05) is 6.07 Å². The second kappa shape index (κ2) is 6.69. The van der Waals surface area contributed by atoms with Crippen LogP contribution in [0.3, 0.4) is 0 Å². The third kappa shape index (κ3) is 3.08. The van der Waals surface area contributed by atoms with Gasteiger partial charge in [-0.05, 0) is 37.0 Å². The summed E-state index contributed by atoms with van der Waals surface area (Å²) in [6.07, 6.45) is 6.69. The largest absolute Gasteiger partial charge is 0.392 e. The molecule has 1 aliphatic carbocycles. The van der Waals surface area contributed by atoms with Crippen molar-refractivity contribution in [1.29, 1.82) is 0 Å². The second-order valence-corrected chi connectivity index (χ2v) is 7.94. The molecule has 4 nitrogen and oxygen atoms in total. The lowest BCUT2D eigenvalue weighted by atomic mass is 9.91. The molecule has 2 unspecified atom stereocenters. The first-order valence-corrected chi connectivity index (χ1v) is 9.57. The fourth-order valence-electron chi connectivity index (χ4n) is 5.09. The van der Waals surface area contributed by atoms with Crippen LogP contribution < -0.4 is 0 Å². The molecular weight excluding hydrogens is 319 g/mol. The predicted octanol–water partition coefficient (Wildman–Crippen LogP) is 2.70. The van der Waals surface area contributed by atoms with Gasteiger partial charge in [-0.15, -0.1) is 0 Å². The maximum atomic E-state index is 13.5. The zero-order valence-corrected chi connectivity index (χ0v) is 14.7. The molecule has 3 fully saturated rings. The lowest BCUT2D eigenvalue weighted by molar-refractivity contribution is -0.139. The Hall–Kier alpha value is -1.46. The summed E-state index contributed by atoms with van der Waals surface area (Å²) in [7, 11) is 0. The van der Waals surface area contributed by atoms with Gasteiger partial charge >= 0.3 is 0 Å². The minimum atomic E-state index is -0.594. The number of nitrogens with zero attached hydrogens (tertiary/aromatic N) is 2. The number of aliphatic hydroxyl groups is 1. The predicted molar refractivity (Wildman–Crippen MR) is 93.4 cm³/mol. The van der Waals surface area contributed by atoms with Gasteiger partial charge in [0.15, 0.2) is 0 Å². The summed E-state index contributed by atoms with van der Waals surface area (Å²) in [4.78, 5) is 17.5. The van der Waals surface area contributed by atoms with Gasteiger partial charge in [0.2, 0.25) is 5.91 Å². The molecule has 2 heterocycles. The molecular formula is C20H27FN2O2. The Bertz CT molecular complexity index is 646. The zero-order valence-electron chi connectivity index (χ0n) is 14.7. The maximum Gasteiger partial charge on any atom is 0.243 e. The first-order chi connectivity index (χ1) is 12.1. The van der Waals surface area contributed by atoms with Gasteiger partial charge in [0.25, 0.3) is 0 Å². The summed E-state index contributed by atoms with van der Waals surface area (Å²) in [6, 6.07) is 6.92. The van der Waals surface area contributed by atoms with Crippen LogP contribution in [0, 0.1) is 5.82 Å². The van der Waals surface area contributed by atoms with Crippen LogP contribution in [0.1, 0.15) is 50.5 Å². The van der Waals surface area contributed by atoms with E-state index < -0.39 is 11.6 Å². The second-order valence-electron chi connectivity index (χ2n) is 7.94. The van der Waals surface area contributed by atoms with Gasteiger partial charge in [-0.2, -0.15) is 0 Å². The summed E-state index contributed by atoms with van der Waals surface area (Å²) in [6.45, 7) is 1.79. The van der Waals surface area contributed by atoms with E-state index in [1.165, 1.54) is 31.4 Å². The number of halogens is 1. The van der Waals surface area contributed by atoms with E-state index in [-0.39, 0.29) is 11.7 Å². The van der Waals surface area contributed by atoms with E-state index in [1.54, 1.807) is 6.07 Å². The molecule has 0 radical (unpaired) electrons. The van der Waals surface area contributed by atoms with Crippen molar-refractivity contribution >= 4 is 5.91 Å². The van der Waals surface area contributed by atoms with Gasteiger partial charge in [0, 0.05) is 32.1 Å². The molecule has 1 N–H and O–H groups in total. The molecule has 1 aromatic carbocycles. The molecule has 0 bridgehead atoms. The van der Waals surface area contributed by atoms with Crippen LogP contribution in [0.5, 0.6) is 0 Å². The van der Waals surface area contributed by atoms with E-state index in [0.717, 1.165) is 31.4 Å². The van der Waals surface area contributed by atoms with E-state index in [4.69, 9.17) is 0 Å². The Morgan fingerprint density at radius 3 is 2.80 bits per heavy atom. The van der Waals surface area contributed by atoms with Gasteiger partial charge in [-0.25, -0.2) is 4.39 Å². The van der Waals surface area contributed by atoms with Gasteiger partial charge < -0.3 is 10.0 Å². The minimum absolute atomic E-state index is 0.187. The standard InChI is InChI=1S/C20H27FN2O2/c21-16-6-4-5-15(11-16)13-22-14-18(24)12-20(22)9-10-23(19(20)25)17-7-2-1-3-8-17/h4-6,11,17-18,24H,1-3,7-10,12-14H2. The smallest absolute Gasteiger partial charge is 0.243 e. The van der Waals surface area contributed by atoms with Crippen LogP contribution in [0.2, 0.25) is 0 Å². The van der Waals surface area contributed by atoms with Crippen molar-refractivity contribution in [2.45, 2.75) is 69.2 Å². The topological polar surface area (TPSA) is 43.8 Å². The number of β-amino-alcohol motifs (C(OH)–C–C–N with tert-alkyl or cyclic N) is 1. The van der Waals surface area contributed by atoms with Crippen molar-refractivity contribution in [3.63, 3.8) is 0 Å². The number of hydrogen-bond acceptors (Lipinski definition) is 3. The molecule has 136 valence electrons. The highest BCUT2D eigenvalue weighted by Gasteiger charge is 2.56. The first kappa shape index (κ1) is 17.0. The average Bonchev–Trinajstić information content (AvgIpc) is 3.09. The number of benzene rings is 1. The fourth-order valence-corrected chi connectivity index (χ4v) is 5.09. The minimum Gasteiger partial charge on any atom is -0.392 e. The summed E-state index contributed by atoms with van der Waals surface area (Å²) in [5.74, 6) is -0.0692. The Morgan fingerprint density at radius 2 is 2.04 bits per heavy atom. The van der Waals surface area contributed by atoms with Crippen molar-refractivity contribution in [2.75, 3.05) is 13.1 Å². The van der Waals surface area contributed by atoms with Crippen molar-refractivity contribution in [3.05, 3.63) is 35.6 Å². The molecule has 1 aromatic rings. The number of aliphatic hydroxyl groups excluding tert-OH is 1. The summed E-state index contributed by atoms with van der Waals surface area (Å²) in [5, 5.41) is 10.3. The van der Waals surface area contributed by atoms with Gasteiger partial charge in [-0.1, -0.05) is 31.4 Å². The normalized spacial score (nSPS) is 31.4. The molecule has 5 heteroatoms. The summed E-state index contributed by atoms with van der Waals surface area (Å²) in [5.41, 5.74) is 0.265. The third-order valence-electron chi connectivity index (χ3n) is 6.31. The van der Waals surface area contributed by atoms with E-state index in [9.17, 15) is 14.3 Å². The highest BCUT2D eigenvalue weighted by molar-refractivity contribution is 5.89. The molecule has 2 atom stereocenters. The molecule has 2 saturated heterocycles. The lowest BCUT2D eigenvalue weighted by Gasteiger charge is -2.36. The maximum absolute atomic E-state index is 13.5. The van der Waals surface area contributed by atoms with E-state index in [2.05, 4.69) is 9.80 Å². The highest BCUT2D eigenvalue weighted by atomic mass is 19.1. The van der Waals surface area contributed by atoms with Gasteiger partial charge in [0.05, 0.1) is 6.10 Å². The molecule has 4 rings (SSSR count). The van der Waals surface area contributed by atoms with Crippen LogP contribution in [-0.2, 0) is 11.3 Å². The van der Waals surface area contributed by atoms with E-state index in [0.29, 0.717) is 25.6 Å². The van der Waals surface area contributed by atoms with Crippen LogP contribution in [0.25, 0.3) is 0 Å². The number of rotatable bonds is 3. The summed E-state index contributed by atoms with van der Waals surface area (Å²) < 4.78 is 13.5. The highest BCUT2D eigenvalue weighted by Crippen LogP contribution is 2.42. The Labute approximate surface area is 148 Å². The SMILES string of the molecule is O=C1N(C2CCCCC2)CCC12CC(O)CN2Cc1cccc(F)c1. The number of carbonyl (C=O) groups excluding carboxylic acids is 1. The molecule has 1 amide bonds. The molecule has 1 spiro atoms. The molecule has 2 aliphatic heterocycles. The molecule has 0 aromatic heterocycles. The zero-order chi connectivity index (χ0) is 17.4. The number of hydrogen-bond donors (Lipinski definition) is 1. The molecule has 1 saturated carbocycles. The van der Waals surface area contributed by atoms with Gasteiger partial charge in [0.1, 0.15) is 11.4 Å². The van der Waals surface area contributed by atoms with Crippen molar-refractivity contribution < 1.29 is 14.3 Å². The molecule has 3 aliphatic rings. The lowest BCUT2D eigenvalue weighted by Crippen LogP contribution is -2.51. The summed E-state index contributed by atoms with van der Waals surface area (Å²) >= 11 is 0. The number of amides is 1. The third-order valence-corrected chi connectivity index (χ3v) is 6.31. The van der Waals surface area contributed by atoms with Crippen molar-refractivity contribution in [2.24, 2.45) is 0 Å². The fraction of sp³-hybridized carbons (Fsp3) is 0.650. The first-order valence-electron chi connectivity index (χ1n) is 9.57. The van der Waals surface area contributed by atoms with Gasteiger partial charge in [-0.3, -0.25) is 9.69 Å². The van der Waals surface area contributed by atoms with Crippen LogP contribution >= 0.6 is 0 Å². The van der Waals surface area contributed by atoms with E-state index >= 15 is 0 Å². The van der Waals surface area contributed by atoms with Crippen molar-refractivity contribution in [3.8, 4) is 0 Å². The average molecular weight is 346 g/mol. The monoisotopic (exact) mass is 346 g/mol. The quantitative estimate of drug-likeness (QED) is 0.915. The van der Waals surface area contributed by atoms with Crippen LogP contribution in [0.4, 0.5) is 4.39 Å². The Balaban J connectivity index is 1.55. The van der Waals surface area contributed by atoms with Crippen molar-refractivity contribution in [1.82, 2.24) is 9.80 Å². The van der Waals surface area contributed by atoms with Crippen LogP contribution in [0.15, 0.2) is 24.3 Å². The molecule has 25 heavy (non-hydrogen) atoms. The Kier molecular flexibility index (Phi) is 4.54. The Morgan fingerprint density at radius 1 is 1.24 bits per heavy atom.